The molecule has 0 saturated carbocycles. The fourth-order valence-electron chi connectivity index (χ4n) is 5.71. The van der Waals surface area contributed by atoms with Crippen LogP contribution in [0, 0.1) is 0 Å². The van der Waals surface area contributed by atoms with Gasteiger partial charge in [-0.2, -0.15) is 0 Å². The molecule has 12 atom stereocenters. The van der Waals surface area contributed by atoms with Gasteiger partial charge in [-0.05, 0) is 37.0 Å². The maximum absolute atomic E-state index is 13.0. The molecule has 0 amide bonds. The third-order valence-corrected chi connectivity index (χ3v) is 9.38. The third kappa shape index (κ3) is 15.0. The molecule has 15 heteroatoms. The van der Waals surface area contributed by atoms with Crippen molar-refractivity contribution in [3.8, 4) is 0 Å². The van der Waals surface area contributed by atoms with E-state index >= 15 is 0 Å². The zero-order valence-electron chi connectivity index (χ0n) is 27.6. The molecule has 2 aliphatic heterocycles. The van der Waals surface area contributed by atoms with Crippen molar-refractivity contribution in [2.45, 2.75) is 177 Å². The molecule has 7 N–H and O–H groups in total. The normalized spacial score (nSPS) is 32.5. The number of aliphatic hydroxyl groups excluding tert-OH is 6. The first-order chi connectivity index (χ1) is 22.4. The summed E-state index contributed by atoms with van der Waals surface area (Å²) in [7, 11) is 0. The highest BCUT2D eigenvalue weighted by atomic mass is 127. The van der Waals surface area contributed by atoms with Crippen molar-refractivity contribution in [3.05, 3.63) is 0 Å². The van der Waals surface area contributed by atoms with Gasteiger partial charge in [0.05, 0.1) is 31.7 Å². The molecular weight excluding hydrogens is 735 g/mol. The Bertz CT molecular complexity index is 883. The van der Waals surface area contributed by atoms with Crippen LogP contribution in [0.25, 0.3) is 0 Å². The summed E-state index contributed by atoms with van der Waals surface area (Å²) >= 11 is 2.37. The number of aliphatic hydroxyl groups is 6. The van der Waals surface area contributed by atoms with E-state index in [4.69, 9.17) is 23.7 Å². The number of aliphatic carboxylic acids is 1. The standard InChI is InChI=1S/C32H57IO14/c1-3-4-10-13-20(16-23(34)35)45-24(36)17-21(14-11-8-6-5-7-9-12-15-33)46-32-30(42)28(40)26(38)22(47-32)18-43-31-29(41)27(39)25(37)19(2)44-31/h19-22,25-32,37-42H,3-18H2,1-2H3,(H,34,35)/t19-,20?,21?,22?,25-,26+,27?,28-,29?,30?,31+,32+/m0/s1. The van der Waals surface area contributed by atoms with E-state index in [-0.39, 0.29) is 12.8 Å². The highest BCUT2D eigenvalue weighted by molar-refractivity contribution is 14.1. The lowest BCUT2D eigenvalue weighted by Crippen LogP contribution is -2.61. The van der Waals surface area contributed by atoms with Gasteiger partial charge in [0.2, 0.25) is 0 Å². The topological polar surface area (TPSA) is 222 Å². The molecule has 2 aliphatic rings. The monoisotopic (exact) mass is 792 g/mol. The van der Waals surface area contributed by atoms with Crippen LogP contribution in [0.15, 0.2) is 0 Å². The van der Waals surface area contributed by atoms with Gasteiger partial charge in [0.25, 0.3) is 0 Å². The van der Waals surface area contributed by atoms with Crippen LogP contribution in [-0.2, 0) is 33.3 Å². The molecule has 0 spiro atoms. The first-order valence-corrected chi connectivity index (χ1v) is 18.6. The maximum atomic E-state index is 13.0. The summed E-state index contributed by atoms with van der Waals surface area (Å²) < 4.78 is 29.5. The SMILES string of the molecule is CCCCCC(CC(=O)O)OC(=O)CC(CCCCCCCCCI)O[C@@H]1OC(CO[C@@H]2O[C@@H](C)[C@H](O)C(O)C2O)[C@@H](O)[C@H](O)C1O. The maximum Gasteiger partial charge on any atom is 0.308 e. The van der Waals surface area contributed by atoms with E-state index in [0.717, 1.165) is 43.0 Å². The number of carboxylic acids is 1. The third-order valence-electron chi connectivity index (χ3n) is 8.61. The molecule has 0 aliphatic carbocycles. The number of hydrogen-bond donors (Lipinski definition) is 7. The molecule has 14 nitrogen and oxygen atoms in total. The number of halogens is 1. The van der Waals surface area contributed by atoms with Crippen molar-refractivity contribution in [2.24, 2.45) is 0 Å². The van der Waals surface area contributed by atoms with E-state index in [1.165, 1.54) is 19.8 Å². The van der Waals surface area contributed by atoms with Crippen LogP contribution in [0.2, 0.25) is 0 Å². The van der Waals surface area contributed by atoms with Gasteiger partial charge in [-0.15, -0.1) is 0 Å². The van der Waals surface area contributed by atoms with Gasteiger partial charge in [-0.25, -0.2) is 0 Å². The lowest BCUT2D eigenvalue weighted by molar-refractivity contribution is -0.333. The van der Waals surface area contributed by atoms with Crippen LogP contribution in [0.5, 0.6) is 0 Å². The zero-order chi connectivity index (χ0) is 34.9. The first kappa shape index (κ1) is 42.4. The van der Waals surface area contributed by atoms with Crippen molar-refractivity contribution in [3.63, 3.8) is 0 Å². The second kappa shape index (κ2) is 22.9. The van der Waals surface area contributed by atoms with Crippen molar-refractivity contribution in [2.75, 3.05) is 11.0 Å². The molecule has 2 rings (SSSR count). The van der Waals surface area contributed by atoms with Crippen molar-refractivity contribution >= 4 is 34.5 Å². The molecule has 47 heavy (non-hydrogen) atoms. The Kier molecular flexibility index (Phi) is 20.7. The molecule has 2 heterocycles. The van der Waals surface area contributed by atoms with Crippen LogP contribution in [-0.4, -0.2) is 132 Å². The Labute approximate surface area is 291 Å². The number of rotatable bonds is 23. The van der Waals surface area contributed by atoms with E-state index < -0.39 is 92.2 Å². The lowest BCUT2D eigenvalue weighted by atomic mass is 9.98. The molecule has 0 aromatic heterocycles. The summed E-state index contributed by atoms with van der Waals surface area (Å²) in [5.41, 5.74) is 0. The van der Waals surface area contributed by atoms with Gasteiger partial charge in [0, 0.05) is 0 Å². The molecule has 2 fully saturated rings. The van der Waals surface area contributed by atoms with Crippen LogP contribution in [0.3, 0.4) is 0 Å². The predicted molar refractivity (Wildman–Crippen MR) is 177 cm³/mol. The van der Waals surface area contributed by atoms with Crippen molar-refractivity contribution in [1.82, 2.24) is 0 Å². The van der Waals surface area contributed by atoms with Gasteiger partial charge in [0.15, 0.2) is 12.6 Å². The highest BCUT2D eigenvalue weighted by Crippen LogP contribution is 2.28. The summed E-state index contributed by atoms with van der Waals surface area (Å²) in [5, 5.41) is 71.5. The minimum absolute atomic E-state index is 0.244. The average molecular weight is 793 g/mol. The van der Waals surface area contributed by atoms with Crippen molar-refractivity contribution < 1.29 is 69.0 Å². The van der Waals surface area contributed by atoms with Gasteiger partial charge >= 0.3 is 11.9 Å². The Morgan fingerprint density at radius 2 is 1.28 bits per heavy atom. The Hall–Kier alpha value is -0.730. The number of esters is 1. The van der Waals surface area contributed by atoms with Gasteiger partial charge < -0.3 is 59.4 Å². The summed E-state index contributed by atoms with van der Waals surface area (Å²) in [4.78, 5) is 24.4. The fourth-order valence-corrected chi connectivity index (χ4v) is 6.24. The number of carbonyl (C=O) groups is 2. The fraction of sp³-hybridized carbons (Fsp3) is 0.938. The first-order valence-electron chi connectivity index (χ1n) is 17.0. The highest BCUT2D eigenvalue weighted by Gasteiger charge is 2.47. The van der Waals surface area contributed by atoms with Gasteiger partial charge in [-0.1, -0.05) is 80.9 Å². The number of unbranched alkanes of at least 4 members (excludes halogenated alkanes) is 8. The van der Waals surface area contributed by atoms with Gasteiger partial charge in [0.1, 0.15) is 48.8 Å². The van der Waals surface area contributed by atoms with Crippen LogP contribution < -0.4 is 0 Å². The van der Waals surface area contributed by atoms with Crippen LogP contribution in [0.1, 0.15) is 104 Å². The van der Waals surface area contributed by atoms with Crippen LogP contribution >= 0.6 is 22.6 Å². The molecule has 2 saturated heterocycles. The second-order valence-electron chi connectivity index (χ2n) is 12.6. The minimum atomic E-state index is -1.71. The quantitative estimate of drug-likeness (QED) is 0.0340. The van der Waals surface area contributed by atoms with E-state index in [2.05, 4.69) is 22.6 Å². The lowest BCUT2D eigenvalue weighted by Gasteiger charge is -2.43. The molecule has 0 radical (unpaired) electrons. The number of alkyl halides is 1. The summed E-state index contributed by atoms with van der Waals surface area (Å²) in [6.45, 7) is 3.06. The molecule has 0 bridgehead atoms. The minimum Gasteiger partial charge on any atom is -0.481 e. The van der Waals surface area contributed by atoms with E-state index in [1.54, 1.807) is 0 Å². The summed E-state index contributed by atoms with van der Waals surface area (Å²) in [5.74, 6) is -1.72. The summed E-state index contributed by atoms with van der Waals surface area (Å²) in [6.07, 6.45) is -6.10. The Balaban J connectivity index is 2.06. The van der Waals surface area contributed by atoms with E-state index in [9.17, 15) is 45.3 Å². The molecular formula is C32H57IO14. The molecule has 6 unspecified atom stereocenters. The Morgan fingerprint density at radius 3 is 1.91 bits per heavy atom. The average Bonchev–Trinajstić information content (AvgIpc) is 3.02. The Morgan fingerprint density at radius 1 is 0.702 bits per heavy atom. The largest absolute Gasteiger partial charge is 0.481 e. The smallest absolute Gasteiger partial charge is 0.308 e. The number of hydrogen-bond acceptors (Lipinski definition) is 13. The number of carbonyl (C=O) groups excluding carboxylic acids is 1. The number of ether oxygens (including phenoxy) is 5. The van der Waals surface area contributed by atoms with Crippen molar-refractivity contribution in [1.29, 1.82) is 0 Å². The molecule has 0 aromatic rings. The number of carboxylic acid groups (broad SMARTS) is 1. The van der Waals surface area contributed by atoms with Crippen LogP contribution in [0.4, 0.5) is 0 Å². The molecule has 276 valence electrons. The van der Waals surface area contributed by atoms with E-state index in [0.29, 0.717) is 25.7 Å². The summed E-state index contributed by atoms with van der Waals surface area (Å²) in [6, 6.07) is 0. The molecule has 0 aromatic carbocycles. The van der Waals surface area contributed by atoms with Gasteiger partial charge in [-0.3, -0.25) is 9.59 Å². The second-order valence-corrected chi connectivity index (χ2v) is 13.7. The van der Waals surface area contributed by atoms with E-state index in [1.807, 2.05) is 6.92 Å². The zero-order valence-corrected chi connectivity index (χ0v) is 29.8. The predicted octanol–water partition coefficient (Wildman–Crippen LogP) is 1.94.